The van der Waals surface area contributed by atoms with Crippen LogP contribution in [0.2, 0.25) is 0 Å². The van der Waals surface area contributed by atoms with Gasteiger partial charge in [0.15, 0.2) is 5.96 Å². The van der Waals surface area contributed by atoms with E-state index in [4.69, 9.17) is 0 Å². The maximum atomic E-state index is 11.7. The molecule has 2 aromatic rings. The Morgan fingerprint density at radius 1 is 1.07 bits per heavy atom. The third kappa shape index (κ3) is 7.89. The smallest absolute Gasteiger partial charge is 0.222 e. The minimum absolute atomic E-state index is 0. The molecule has 0 bridgehead atoms. The molecule has 1 fully saturated rings. The highest BCUT2D eigenvalue weighted by Crippen LogP contribution is 2.16. The molecule has 0 aliphatic carbocycles. The third-order valence-corrected chi connectivity index (χ3v) is 5.67. The van der Waals surface area contributed by atoms with Crippen LogP contribution in [0.5, 0.6) is 0 Å². The molecule has 1 saturated heterocycles. The van der Waals surface area contributed by atoms with Crippen LogP contribution in [0, 0.1) is 0 Å². The number of halogens is 1. The van der Waals surface area contributed by atoms with Gasteiger partial charge in [0, 0.05) is 50.3 Å². The molecule has 2 N–H and O–H groups in total. The molecule has 1 aliphatic heterocycles. The van der Waals surface area contributed by atoms with Gasteiger partial charge in [-0.2, -0.15) is 0 Å². The molecule has 5 nitrogen and oxygen atoms in total. The molecule has 1 amide bonds. The van der Waals surface area contributed by atoms with Crippen molar-refractivity contribution < 1.29 is 4.79 Å². The van der Waals surface area contributed by atoms with E-state index >= 15 is 0 Å². The quantitative estimate of drug-likeness (QED) is 0.181. The summed E-state index contributed by atoms with van der Waals surface area (Å²) in [6.07, 6.45) is 1.68. The van der Waals surface area contributed by atoms with E-state index in [1.807, 2.05) is 22.7 Å². The average molecular weight is 524 g/mol. The number of nitrogens with zero attached hydrogens (tertiary/aromatic N) is 2. The first-order valence-electron chi connectivity index (χ1n) is 9.72. The Morgan fingerprint density at radius 2 is 1.79 bits per heavy atom. The Balaban J connectivity index is 0.00000300. The number of hydrogen-bond donors (Lipinski definition) is 2. The highest BCUT2D eigenvalue weighted by molar-refractivity contribution is 14.0. The highest BCUT2D eigenvalue weighted by atomic mass is 127. The predicted octanol–water partition coefficient (Wildman–Crippen LogP) is 3.88. The van der Waals surface area contributed by atoms with Crippen LogP contribution in [0.4, 0.5) is 0 Å². The number of benzene rings is 2. The first-order valence-corrected chi connectivity index (χ1v) is 10.7. The molecule has 0 unspecified atom stereocenters. The first-order chi connectivity index (χ1) is 13.7. The zero-order valence-corrected chi connectivity index (χ0v) is 19.9. The van der Waals surface area contributed by atoms with E-state index in [-0.39, 0.29) is 29.9 Å². The second-order valence-electron chi connectivity index (χ2n) is 6.75. The van der Waals surface area contributed by atoms with Crippen LogP contribution in [0.3, 0.4) is 0 Å². The molecule has 3 rings (SSSR count). The molecular weight excluding hydrogens is 495 g/mol. The molecule has 0 aromatic heterocycles. The second-order valence-corrected chi connectivity index (χ2v) is 7.92. The lowest BCUT2D eigenvalue weighted by atomic mass is 10.1. The van der Waals surface area contributed by atoms with Crippen molar-refractivity contribution in [2.45, 2.75) is 30.8 Å². The number of nitrogens with one attached hydrogen (secondary N) is 2. The van der Waals surface area contributed by atoms with Crippen molar-refractivity contribution in [1.82, 2.24) is 15.5 Å². The van der Waals surface area contributed by atoms with Gasteiger partial charge in [0.25, 0.3) is 0 Å². The summed E-state index contributed by atoms with van der Waals surface area (Å²) in [6, 6.07) is 18.8. The van der Waals surface area contributed by atoms with E-state index in [9.17, 15) is 4.79 Å². The van der Waals surface area contributed by atoms with Crippen molar-refractivity contribution in [2.24, 2.45) is 4.99 Å². The lowest BCUT2D eigenvalue weighted by molar-refractivity contribution is -0.128. The SMILES string of the molecule is CN=C(NCCSc1ccccc1)NCc1ccc(CN2CCCC2=O)cc1.I. The van der Waals surface area contributed by atoms with Crippen LogP contribution in [0.15, 0.2) is 64.5 Å². The van der Waals surface area contributed by atoms with Crippen molar-refractivity contribution in [2.75, 3.05) is 25.9 Å². The number of carbonyl (C=O) groups excluding carboxylic acids is 1. The van der Waals surface area contributed by atoms with Crippen molar-refractivity contribution in [3.05, 3.63) is 65.7 Å². The van der Waals surface area contributed by atoms with Gasteiger partial charge in [0.1, 0.15) is 0 Å². The molecule has 2 aromatic carbocycles. The van der Waals surface area contributed by atoms with Gasteiger partial charge in [-0.05, 0) is 29.7 Å². The molecule has 1 aliphatic rings. The van der Waals surface area contributed by atoms with Crippen LogP contribution in [0.1, 0.15) is 24.0 Å². The normalized spacial score (nSPS) is 13.9. The fourth-order valence-corrected chi connectivity index (χ4v) is 3.90. The van der Waals surface area contributed by atoms with Gasteiger partial charge >= 0.3 is 0 Å². The summed E-state index contributed by atoms with van der Waals surface area (Å²) in [6.45, 7) is 3.16. The standard InChI is InChI=1S/C22H28N4OS.HI/c1-23-22(24-13-15-28-20-6-3-2-4-7-20)25-16-18-9-11-19(12-10-18)17-26-14-5-8-21(26)27;/h2-4,6-7,9-12H,5,8,13-17H2,1H3,(H2,23,24,25);1H. The van der Waals surface area contributed by atoms with E-state index < -0.39 is 0 Å². The van der Waals surface area contributed by atoms with Gasteiger partial charge in [-0.25, -0.2) is 0 Å². The Labute approximate surface area is 194 Å². The van der Waals surface area contributed by atoms with Crippen molar-refractivity contribution in [3.63, 3.8) is 0 Å². The maximum Gasteiger partial charge on any atom is 0.222 e. The monoisotopic (exact) mass is 524 g/mol. The first kappa shape index (κ1) is 23.5. The number of rotatable bonds is 8. The Bertz CT molecular complexity index is 783. The fraction of sp³-hybridized carbons (Fsp3) is 0.364. The molecule has 0 radical (unpaired) electrons. The Hall–Kier alpha value is -1.74. The Morgan fingerprint density at radius 3 is 2.45 bits per heavy atom. The van der Waals surface area contributed by atoms with E-state index in [1.165, 1.54) is 16.0 Å². The fourth-order valence-electron chi connectivity index (χ4n) is 3.12. The number of thioether (sulfide) groups is 1. The molecule has 156 valence electrons. The number of amides is 1. The maximum absolute atomic E-state index is 11.7. The minimum Gasteiger partial charge on any atom is -0.356 e. The molecule has 0 saturated carbocycles. The van der Waals surface area contributed by atoms with Crippen LogP contribution < -0.4 is 10.6 Å². The van der Waals surface area contributed by atoms with Gasteiger partial charge in [-0.15, -0.1) is 35.7 Å². The number of carbonyl (C=O) groups is 1. The minimum atomic E-state index is 0. The summed E-state index contributed by atoms with van der Waals surface area (Å²) in [5, 5.41) is 6.70. The van der Waals surface area contributed by atoms with Crippen LogP contribution in [-0.2, 0) is 17.9 Å². The zero-order chi connectivity index (χ0) is 19.6. The van der Waals surface area contributed by atoms with Crippen LogP contribution in [0.25, 0.3) is 0 Å². The lowest BCUT2D eigenvalue weighted by Gasteiger charge is -2.16. The van der Waals surface area contributed by atoms with Crippen molar-refractivity contribution >= 4 is 47.6 Å². The van der Waals surface area contributed by atoms with E-state index in [0.717, 1.165) is 37.8 Å². The lowest BCUT2D eigenvalue weighted by Crippen LogP contribution is -2.37. The summed E-state index contributed by atoms with van der Waals surface area (Å²) in [5.41, 5.74) is 2.37. The Kier molecular flexibility index (Phi) is 10.3. The topological polar surface area (TPSA) is 56.7 Å². The predicted molar refractivity (Wildman–Crippen MR) is 132 cm³/mol. The number of guanidine groups is 1. The van der Waals surface area contributed by atoms with Crippen LogP contribution in [-0.4, -0.2) is 42.7 Å². The molecular formula is C22H29IN4OS. The van der Waals surface area contributed by atoms with E-state index in [2.05, 4.69) is 64.2 Å². The highest BCUT2D eigenvalue weighted by Gasteiger charge is 2.19. The van der Waals surface area contributed by atoms with Gasteiger partial charge in [-0.3, -0.25) is 9.79 Å². The van der Waals surface area contributed by atoms with Gasteiger partial charge < -0.3 is 15.5 Å². The number of aliphatic imine (C=N–C) groups is 1. The summed E-state index contributed by atoms with van der Waals surface area (Å²) in [4.78, 5) is 19.2. The second kappa shape index (κ2) is 12.7. The largest absolute Gasteiger partial charge is 0.356 e. The molecule has 0 atom stereocenters. The molecule has 1 heterocycles. The van der Waals surface area contributed by atoms with E-state index in [1.54, 1.807) is 7.05 Å². The summed E-state index contributed by atoms with van der Waals surface area (Å²) < 4.78 is 0. The van der Waals surface area contributed by atoms with Crippen LogP contribution >= 0.6 is 35.7 Å². The van der Waals surface area contributed by atoms with Crippen molar-refractivity contribution in [3.8, 4) is 0 Å². The van der Waals surface area contributed by atoms with Gasteiger partial charge in [0.05, 0.1) is 0 Å². The molecule has 0 spiro atoms. The summed E-state index contributed by atoms with van der Waals surface area (Å²) in [5.74, 6) is 2.06. The zero-order valence-electron chi connectivity index (χ0n) is 16.8. The third-order valence-electron chi connectivity index (χ3n) is 4.66. The molecule has 7 heteroatoms. The number of likely N-dealkylation sites (tertiary alicyclic amines) is 1. The number of hydrogen-bond acceptors (Lipinski definition) is 3. The van der Waals surface area contributed by atoms with Gasteiger partial charge in [-0.1, -0.05) is 42.5 Å². The van der Waals surface area contributed by atoms with E-state index in [0.29, 0.717) is 13.0 Å². The average Bonchev–Trinajstić information content (AvgIpc) is 3.14. The van der Waals surface area contributed by atoms with Gasteiger partial charge in [0.2, 0.25) is 5.91 Å². The van der Waals surface area contributed by atoms with Crippen molar-refractivity contribution in [1.29, 1.82) is 0 Å². The summed E-state index contributed by atoms with van der Waals surface area (Å²) in [7, 11) is 1.79. The molecule has 29 heavy (non-hydrogen) atoms. The summed E-state index contributed by atoms with van der Waals surface area (Å²) >= 11 is 1.83.